The Kier molecular flexibility index (Phi) is 6.30. The van der Waals surface area contributed by atoms with Crippen LogP contribution < -0.4 is 5.32 Å². The van der Waals surface area contributed by atoms with E-state index in [0.29, 0.717) is 12.0 Å². The van der Waals surface area contributed by atoms with Crippen molar-refractivity contribution in [3.8, 4) is 0 Å². The molecule has 0 spiro atoms. The number of halogens is 1. The maximum Gasteiger partial charge on any atom is 0.169 e. The molecular weight excluding hydrogens is 304 g/mol. The van der Waals surface area contributed by atoms with Gasteiger partial charge in [-0.05, 0) is 37.9 Å². The second-order valence-electron chi connectivity index (χ2n) is 6.05. The maximum absolute atomic E-state index is 5.59. The number of aromatic amines is 1. The van der Waals surface area contributed by atoms with Gasteiger partial charge in [-0.25, -0.2) is 4.98 Å². The minimum absolute atomic E-state index is 0. The van der Waals surface area contributed by atoms with Crippen LogP contribution in [0, 0.1) is 0 Å². The summed E-state index contributed by atoms with van der Waals surface area (Å²) in [4.78, 5) is 9.70. The van der Waals surface area contributed by atoms with Gasteiger partial charge < -0.3 is 15.2 Å². The predicted octanol–water partition coefficient (Wildman–Crippen LogP) is 3.22. The molecule has 2 fully saturated rings. The van der Waals surface area contributed by atoms with E-state index in [1.807, 2.05) is 6.20 Å². The second kappa shape index (κ2) is 7.99. The molecule has 1 saturated carbocycles. The molecule has 3 rings (SSSR count). The molecule has 6 heteroatoms. The zero-order valence-electron chi connectivity index (χ0n) is 12.4. The molecule has 21 heavy (non-hydrogen) atoms. The number of hydrogen-bond acceptors (Lipinski definition) is 2. The van der Waals surface area contributed by atoms with Gasteiger partial charge in [-0.15, -0.1) is 12.4 Å². The van der Waals surface area contributed by atoms with E-state index in [-0.39, 0.29) is 12.4 Å². The average molecular weight is 329 g/mol. The van der Waals surface area contributed by atoms with Crippen molar-refractivity contribution in [1.82, 2.24) is 20.2 Å². The van der Waals surface area contributed by atoms with Crippen molar-refractivity contribution in [2.45, 2.75) is 56.9 Å². The summed E-state index contributed by atoms with van der Waals surface area (Å²) in [5.41, 5.74) is 1.27. The first kappa shape index (κ1) is 16.6. The van der Waals surface area contributed by atoms with Gasteiger partial charge >= 0.3 is 0 Å². The van der Waals surface area contributed by atoms with Crippen LogP contribution in [-0.4, -0.2) is 39.1 Å². The summed E-state index contributed by atoms with van der Waals surface area (Å²) in [6.45, 7) is 2.12. The summed E-state index contributed by atoms with van der Waals surface area (Å²) in [7, 11) is 0. The second-order valence-corrected chi connectivity index (χ2v) is 6.44. The molecule has 1 aliphatic carbocycles. The van der Waals surface area contributed by atoms with Crippen LogP contribution in [-0.2, 0) is 0 Å². The Morgan fingerprint density at radius 2 is 1.90 bits per heavy atom. The van der Waals surface area contributed by atoms with E-state index in [0.717, 1.165) is 31.0 Å². The Hall–Kier alpha value is -0.810. The van der Waals surface area contributed by atoms with E-state index in [4.69, 9.17) is 12.2 Å². The Balaban J connectivity index is 0.00000161. The lowest BCUT2D eigenvalue weighted by atomic mass is 9.94. The Labute approximate surface area is 138 Å². The van der Waals surface area contributed by atoms with Gasteiger partial charge in [0.05, 0.1) is 6.33 Å². The zero-order chi connectivity index (χ0) is 13.8. The molecule has 1 aromatic heterocycles. The van der Waals surface area contributed by atoms with Crippen LogP contribution in [0.15, 0.2) is 12.5 Å². The van der Waals surface area contributed by atoms with Crippen molar-refractivity contribution >= 4 is 29.7 Å². The lowest BCUT2D eigenvalue weighted by Gasteiger charge is -2.35. The summed E-state index contributed by atoms with van der Waals surface area (Å²) in [5.74, 6) is 0.617. The molecule has 0 amide bonds. The smallest absolute Gasteiger partial charge is 0.169 e. The van der Waals surface area contributed by atoms with Gasteiger partial charge in [-0.3, -0.25) is 0 Å². The highest BCUT2D eigenvalue weighted by atomic mass is 35.5. The number of nitrogens with zero attached hydrogens (tertiary/aromatic N) is 2. The maximum atomic E-state index is 5.59. The first-order valence-electron chi connectivity index (χ1n) is 7.86. The number of hydrogen-bond donors (Lipinski definition) is 2. The van der Waals surface area contributed by atoms with E-state index in [9.17, 15) is 0 Å². The van der Waals surface area contributed by atoms with Crippen molar-refractivity contribution in [2.75, 3.05) is 13.1 Å². The van der Waals surface area contributed by atoms with Crippen LogP contribution in [0.25, 0.3) is 0 Å². The zero-order valence-corrected chi connectivity index (χ0v) is 14.0. The van der Waals surface area contributed by atoms with Crippen LogP contribution in [0.1, 0.15) is 56.6 Å². The van der Waals surface area contributed by atoms with Crippen LogP contribution in [0.5, 0.6) is 0 Å². The summed E-state index contributed by atoms with van der Waals surface area (Å²) in [5, 5.41) is 4.55. The Morgan fingerprint density at radius 1 is 1.19 bits per heavy atom. The third-order valence-corrected chi connectivity index (χ3v) is 5.05. The SMILES string of the molecule is Cl.S=C(NC1CCCCC1)N1CCC(c2cnc[nH]2)CC1. The summed E-state index contributed by atoms with van der Waals surface area (Å²) < 4.78 is 0. The molecule has 4 nitrogen and oxygen atoms in total. The number of aromatic nitrogens is 2. The molecule has 1 aliphatic heterocycles. The molecule has 2 heterocycles. The molecule has 1 aromatic rings. The fourth-order valence-electron chi connectivity index (χ4n) is 3.40. The molecule has 0 unspecified atom stereocenters. The van der Waals surface area contributed by atoms with Crippen LogP contribution in [0.2, 0.25) is 0 Å². The third-order valence-electron chi connectivity index (χ3n) is 4.67. The number of H-pyrrole nitrogens is 1. The number of likely N-dealkylation sites (tertiary alicyclic amines) is 1. The largest absolute Gasteiger partial charge is 0.360 e. The van der Waals surface area contributed by atoms with E-state index >= 15 is 0 Å². The number of imidazole rings is 1. The minimum Gasteiger partial charge on any atom is -0.360 e. The van der Waals surface area contributed by atoms with Gasteiger partial charge in [0.1, 0.15) is 0 Å². The third kappa shape index (κ3) is 4.33. The normalized spacial score (nSPS) is 20.9. The van der Waals surface area contributed by atoms with Gasteiger partial charge in [0.15, 0.2) is 5.11 Å². The lowest BCUT2D eigenvalue weighted by molar-refractivity contribution is 0.299. The van der Waals surface area contributed by atoms with Gasteiger partial charge in [0.2, 0.25) is 0 Å². The molecule has 118 valence electrons. The van der Waals surface area contributed by atoms with Gasteiger partial charge in [0, 0.05) is 36.9 Å². The average Bonchev–Trinajstić information content (AvgIpc) is 3.03. The highest BCUT2D eigenvalue weighted by Crippen LogP contribution is 2.26. The van der Waals surface area contributed by atoms with Gasteiger partial charge in [0.25, 0.3) is 0 Å². The summed E-state index contributed by atoms with van der Waals surface area (Å²) in [6.07, 6.45) is 12.7. The van der Waals surface area contributed by atoms with Crippen molar-refractivity contribution in [3.05, 3.63) is 18.2 Å². The molecule has 0 radical (unpaired) electrons. The lowest BCUT2D eigenvalue weighted by Crippen LogP contribution is -2.47. The monoisotopic (exact) mass is 328 g/mol. The number of piperidine rings is 1. The fraction of sp³-hybridized carbons (Fsp3) is 0.733. The number of rotatable bonds is 2. The topological polar surface area (TPSA) is 44.0 Å². The fourth-order valence-corrected chi connectivity index (χ4v) is 3.75. The Bertz CT molecular complexity index is 423. The molecular formula is C15H25ClN4S. The van der Waals surface area contributed by atoms with Crippen molar-refractivity contribution in [2.24, 2.45) is 0 Å². The van der Waals surface area contributed by atoms with E-state index < -0.39 is 0 Å². The minimum atomic E-state index is 0. The van der Waals surface area contributed by atoms with Crippen LogP contribution >= 0.6 is 24.6 Å². The number of thiocarbonyl (C=S) groups is 1. The van der Waals surface area contributed by atoms with Crippen molar-refractivity contribution in [3.63, 3.8) is 0 Å². The van der Waals surface area contributed by atoms with Gasteiger partial charge in [-0.1, -0.05) is 19.3 Å². The molecule has 2 aliphatic rings. The first-order chi connectivity index (χ1) is 9.83. The van der Waals surface area contributed by atoms with Gasteiger partial charge in [-0.2, -0.15) is 0 Å². The van der Waals surface area contributed by atoms with Crippen molar-refractivity contribution in [1.29, 1.82) is 0 Å². The first-order valence-corrected chi connectivity index (χ1v) is 8.27. The van der Waals surface area contributed by atoms with E-state index in [1.165, 1.54) is 37.8 Å². The molecule has 1 saturated heterocycles. The predicted molar refractivity (Wildman–Crippen MR) is 92.0 cm³/mol. The Morgan fingerprint density at radius 3 is 2.52 bits per heavy atom. The van der Waals surface area contributed by atoms with E-state index in [1.54, 1.807) is 6.33 Å². The summed E-state index contributed by atoms with van der Waals surface area (Å²) >= 11 is 5.59. The van der Waals surface area contributed by atoms with Crippen LogP contribution in [0.4, 0.5) is 0 Å². The van der Waals surface area contributed by atoms with Crippen LogP contribution in [0.3, 0.4) is 0 Å². The van der Waals surface area contributed by atoms with E-state index in [2.05, 4.69) is 20.2 Å². The standard InChI is InChI=1S/C15H24N4S.ClH/c20-15(18-13-4-2-1-3-5-13)19-8-6-12(7-9-19)14-10-16-11-17-14;/h10-13H,1-9H2,(H,16,17)(H,18,20);1H. The molecule has 0 aromatic carbocycles. The molecule has 0 atom stereocenters. The number of nitrogens with one attached hydrogen (secondary N) is 2. The molecule has 0 bridgehead atoms. The summed E-state index contributed by atoms with van der Waals surface area (Å²) in [6, 6.07) is 0.613. The quantitative estimate of drug-likeness (QED) is 0.818. The molecule has 2 N–H and O–H groups in total. The highest BCUT2D eigenvalue weighted by molar-refractivity contribution is 7.80. The van der Waals surface area contributed by atoms with Crippen molar-refractivity contribution < 1.29 is 0 Å². The highest BCUT2D eigenvalue weighted by Gasteiger charge is 2.24.